The molecule has 6 heteroatoms. The Morgan fingerprint density at radius 2 is 1.83 bits per heavy atom. The second-order valence-corrected chi connectivity index (χ2v) is 8.08. The Kier molecular flexibility index (Phi) is 6.18. The van der Waals surface area contributed by atoms with Crippen LogP contribution in [0.1, 0.15) is 37.7 Å². The van der Waals surface area contributed by atoms with Crippen molar-refractivity contribution in [1.29, 1.82) is 0 Å². The van der Waals surface area contributed by atoms with Gasteiger partial charge in [0.25, 0.3) is 0 Å². The molecule has 2 rings (SSSR count). The fourth-order valence-corrected chi connectivity index (χ4v) is 3.95. The number of carbonyl (C=O) groups is 1. The van der Waals surface area contributed by atoms with Gasteiger partial charge in [-0.2, -0.15) is 0 Å². The van der Waals surface area contributed by atoms with Crippen LogP contribution in [0.2, 0.25) is 0 Å². The van der Waals surface area contributed by atoms with E-state index in [0.29, 0.717) is 32.6 Å². The number of benzene rings is 1. The van der Waals surface area contributed by atoms with Crippen molar-refractivity contribution in [2.45, 2.75) is 32.1 Å². The first kappa shape index (κ1) is 17.9. The van der Waals surface area contributed by atoms with E-state index in [1.807, 2.05) is 35.2 Å². The van der Waals surface area contributed by atoms with Crippen LogP contribution in [0.5, 0.6) is 0 Å². The fraction of sp³-hybridized carbons (Fsp3) is 0.588. The summed E-state index contributed by atoms with van der Waals surface area (Å²) >= 11 is 0. The Morgan fingerprint density at radius 1 is 1.13 bits per heavy atom. The van der Waals surface area contributed by atoms with Crippen molar-refractivity contribution in [2.24, 2.45) is 0 Å². The lowest BCUT2D eigenvalue weighted by Crippen LogP contribution is -2.39. The van der Waals surface area contributed by atoms with Crippen LogP contribution in [-0.2, 0) is 14.8 Å². The third-order valence-electron chi connectivity index (χ3n) is 4.31. The molecule has 23 heavy (non-hydrogen) atoms. The van der Waals surface area contributed by atoms with Gasteiger partial charge in [0.1, 0.15) is 0 Å². The predicted molar refractivity (Wildman–Crippen MR) is 91.7 cm³/mol. The molecule has 0 aliphatic carbocycles. The zero-order chi connectivity index (χ0) is 16.9. The van der Waals surface area contributed by atoms with E-state index in [1.54, 1.807) is 0 Å². The summed E-state index contributed by atoms with van der Waals surface area (Å²) in [6.45, 7) is 4.05. The molecular weight excluding hydrogens is 312 g/mol. The van der Waals surface area contributed by atoms with Crippen molar-refractivity contribution in [3.8, 4) is 0 Å². The number of hydrogen-bond donors (Lipinski definition) is 0. The molecule has 1 fully saturated rings. The number of sulfonamides is 1. The van der Waals surface area contributed by atoms with Crippen LogP contribution in [0.3, 0.4) is 0 Å². The van der Waals surface area contributed by atoms with Crippen molar-refractivity contribution in [3.05, 3.63) is 35.9 Å². The highest BCUT2D eigenvalue weighted by Gasteiger charge is 2.28. The van der Waals surface area contributed by atoms with Crippen molar-refractivity contribution in [2.75, 3.05) is 32.4 Å². The van der Waals surface area contributed by atoms with Crippen molar-refractivity contribution in [1.82, 2.24) is 9.21 Å². The Morgan fingerprint density at radius 3 is 2.43 bits per heavy atom. The van der Waals surface area contributed by atoms with Gasteiger partial charge < -0.3 is 4.90 Å². The van der Waals surface area contributed by atoms with E-state index in [-0.39, 0.29) is 11.8 Å². The van der Waals surface area contributed by atoms with Crippen LogP contribution in [0.15, 0.2) is 30.3 Å². The second-order valence-electron chi connectivity index (χ2n) is 6.09. The number of amides is 1. The maximum atomic E-state index is 13.0. The molecule has 1 aliphatic rings. The molecule has 1 aromatic carbocycles. The maximum Gasteiger partial charge on any atom is 0.230 e. The average molecular weight is 338 g/mol. The Hall–Kier alpha value is -1.40. The topological polar surface area (TPSA) is 57.7 Å². The van der Waals surface area contributed by atoms with Crippen LogP contribution in [0, 0.1) is 0 Å². The first-order valence-electron chi connectivity index (χ1n) is 8.22. The van der Waals surface area contributed by atoms with Gasteiger partial charge >= 0.3 is 0 Å². The van der Waals surface area contributed by atoms with E-state index in [2.05, 4.69) is 6.92 Å². The van der Waals surface area contributed by atoms with Gasteiger partial charge in [0.15, 0.2) is 0 Å². The second kappa shape index (κ2) is 7.93. The zero-order valence-corrected chi connectivity index (χ0v) is 14.8. The molecule has 1 amide bonds. The Balaban J connectivity index is 2.11. The molecule has 1 saturated heterocycles. The van der Waals surface area contributed by atoms with E-state index < -0.39 is 10.0 Å². The average Bonchev–Trinajstić information content (AvgIpc) is 2.78. The number of rotatable bonds is 5. The molecule has 1 aliphatic heterocycles. The summed E-state index contributed by atoms with van der Waals surface area (Å²) < 4.78 is 24.9. The molecule has 0 spiro atoms. The van der Waals surface area contributed by atoms with Gasteiger partial charge in [-0.1, -0.05) is 43.7 Å². The summed E-state index contributed by atoms with van der Waals surface area (Å²) in [4.78, 5) is 14.8. The maximum absolute atomic E-state index is 13.0. The molecule has 0 radical (unpaired) electrons. The molecule has 1 unspecified atom stereocenters. The summed E-state index contributed by atoms with van der Waals surface area (Å²) in [5, 5.41) is 0. The predicted octanol–water partition coefficient (Wildman–Crippen LogP) is 2.06. The SMILES string of the molecule is CCCC(C(=O)N1CCCN(S(C)(=O)=O)CC1)c1ccccc1. The van der Waals surface area contributed by atoms with Gasteiger partial charge in [-0.15, -0.1) is 0 Å². The monoisotopic (exact) mass is 338 g/mol. The number of carbonyl (C=O) groups excluding carboxylic acids is 1. The minimum Gasteiger partial charge on any atom is -0.341 e. The third-order valence-corrected chi connectivity index (χ3v) is 5.62. The van der Waals surface area contributed by atoms with Gasteiger partial charge in [0, 0.05) is 26.2 Å². The van der Waals surface area contributed by atoms with Gasteiger partial charge in [0.05, 0.1) is 12.2 Å². The third kappa shape index (κ3) is 4.78. The van der Waals surface area contributed by atoms with E-state index >= 15 is 0 Å². The van der Waals surface area contributed by atoms with Gasteiger partial charge in [0.2, 0.25) is 15.9 Å². The summed E-state index contributed by atoms with van der Waals surface area (Å²) in [5.41, 5.74) is 1.04. The van der Waals surface area contributed by atoms with E-state index in [0.717, 1.165) is 18.4 Å². The molecule has 0 saturated carbocycles. The normalized spacial score (nSPS) is 18.4. The smallest absolute Gasteiger partial charge is 0.230 e. The Bertz CT molecular complexity index is 616. The summed E-state index contributed by atoms with van der Waals surface area (Å²) in [7, 11) is -3.19. The molecule has 0 aromatic heterocycles. The first-order valence-corrected chi connectivity index (χ1v) is 10.1. The van der Waals surface area contributed by atoms with Crippen LogP contribution in [0.25, 0.3) is 0 Å². The minimum absolute atomic E-state index is 0.119. The summed E-state index contributed by atoms with van der Waals surface area (Å²) in [6.07, 6.45) is 3.67. The molecule has 0 bridgehead atoms. The quantitative estimate of drug-likeness (QED) is 0.826. The van der Waals surface area contributed by atoms with Gasteiger partial charge in [-0.05, 0) is 18.4 Å². The first-order chi connectivity index (χ1) is 10.9. The fourth-order valence-electron chi connectivity index (χ4n) is 3.07. The minimum atomic E-state index is -3.19. The largest absolute Gasteiger partial charge is 0.341 e. The highest BCUT2D eigenvalue weighted by atomic mass is 32.2. The van der Waals surface area contributed by atoms with Crippen molar-refractivity contribution < 1.29 is 13.2 Å². The van der Waals surface area contributed by atoms with Crippen LogP contribution < -0.4 is 0 Å². The molecule has 0 N–H and O–H groups in total. The van der Waals surface area contributed by atoms with Crippen LogP contribution in [-0.4, -0.2) is 56.0 Å². The van der Waals surface area contributed by atoms with Crippen molar-refractivity contribution in [3.63, 3.8) is 0 Å². The summed E-state index contributed by atoms with van der Waals surface area (Å²) in [6, 6.07) is 9.86. The van der Waals surface area contributed by atoms with Crippen LogP contribution >= 0.6 is 0 Å². The number of hydrogen-bond acceptors (Lipinski definition) is 3. The zero-order valence-electron chi connectivity index (χ0n) is 13.9. The van der Waals surface area contributed by atoms with Crippen molar-refractivity contribution >= 4 is 15.9 Å². The lowest BCUT2D eigenvalue weighted by atomic mass is 9.93. The number of nitrogens with zero attached hydrogens (tertiary/aromatic N) is 2. The van der Waals surface area contributed by atoms with E-state index in [9.17, 15) is 13.2 Å². The molecule has 5 nitrogen and oxygen atoms in total. The molecular formula is C17H26N2O3S. The molecule has 1 atom stereocenters. The molecule has 1 heterocycles. The molecule has 128 valence electrons. The molecule has 1 aromatic rings. The lowest BCUT2D eigenvalue weighted by molar-refractivity contribution is -0.132. The lowest BCUT2D eigenvalue weighted by Gasteiger charge is -2.26. The van der Waals surface area contributed by atoms with E-state index in [1.165, 1.54) is 10.6 Å². The van der Waals surface area contributed by atoms with Gasteiger partial charge in [-0.3, -0.25) is 4.79 Å². The standard InChI is InChI=1S/C17H26N2O3S/c1-3-8-16(15-9-5-4-6-10-15)17(20)18-11-7-12-19(14-13-18)23(2,21)22/h4-6,9-10,16H,3,7-8,11-14H2,1-2H3. The van der Waals surface area contributed by atoms with Gasteiger partial charge in [-0.25, -0.2) is 12.7 Å². The van der Waals surface area contributed by atoms with Crippen LogP contribution in [0.4, 0.5) is 0 Å². The van der Waals surface area contributed by atoms with E-state index in [4.69, 9.17) is 0 Å². The summed E-state index contributed by atoms with van der Waals surface area (Å²) in [5.74, 6) is -0.0145. The highest BCUT2D eigenvalue weighted by Crippen LogP contribution is 2.24. The Labute approximate surface area is 139 Å². The highest BCUT2D eigenvalue weighted by molar-refractivity contribution is 7.88.